The lowest BCUT2D eigenvalue weighted by Gasteiger charge is -2.14. The molecule has 1 atom stereocenters. The van der Waals surface area contributed by atoms with E-state index in [4.69, 9.17) is 21.1 Å². The third-order valence-corrected chi connectivity index (χ3v) is 5.52. The summed E-state index contributed by atoms with van der Waals surface area (Å²) in [7, 11) is 0. The molecule has 0 fully saturated rings. The van der Waals surface area contributed by atoms with Gasteiger partial charge in [0.1, 0.15) is 17.6 Å². The smallest absolute Gasteiger partial charge is 0.319 e. The molecule has 1 aromatic carbocycles. The van der Waals surface area contributed by atoms with Gasteiger partial charge in [-0.3, -0.25) is 4.79 Å². The first-order chi connectivity index (χ1) is 12.5. The van der Waals surface area contributed by atoms with E-state index in [-0.39, 0.29) is 11.2 Å². The Labute approximate surface area is 163 Å². The van der Waals surface area contributed by atoms with Crippen LogP contribution in [0.2, 0.25) is 5.02 Å². The number of esters is 1. The summed E-state index contributed by atoms with van der Waals surface area (Å²) in [5.41, 5.74) is 0.956. The number of aryl methyl sites for hydroxylation is 1. The average molecular weight is 398 g/mol. The van der Waals surface area contributed by atoms with Crippen molar-refractivity contribution in [2.45, 2.75) is 57.7 Å². The van der Waals surface area contributed by atoms with Gasteiger partial charge in [0.25, 0.3) is 0 Å². The predicted octanol–water partition coefficient (Wildman–Crippen LogP) is 4.27. The van der Waals surface area contributed by atoms with E-state index < -0.39 is 0 Å². The van der Waals surface area contributed by atoms with E-state index in [0.717, 1.165) is 11.3 Å². The molecule has 0 saturated heterocycles. The fraction of sp³-hybridized carbons (Fsp3) is 0.500. The van der Waals surface area contributed by atoms with E-state index >= 15 is 0 Å². The maximum Gasteiger partial charge on any atom is 0.319 e. The second-order valence-corrected chi connectivity index (χ2v) is 7.19. The minimum atomic E-state index is -0.294. The zero-order valence-electron chi connectivity index (χ0n) is 15.5. The summed E-state index contributed by atoms with van der Waals surface area (Å²) >= 11 is 7.41. The first-order valence-electron chi connectivity index (χ1n) is 8.64. The highest BCUT2D eigenvalue weighted by Crippen LogP contribution is 2.26. The van der Waals surface area contributed by atoms with Crippen molar-refractivity contribution in [2.24, 2.45) is 0 Å². The van der Waals surface area contributed by atoms with Crippen LogP contribution in [-0.4, -0.2) is 32.6 Å². The summed E-state index contributed by atoms with van der Waals surface area (Å²) in [6.45, 7) is 9.04. The first-order valence-corrected chi connectivity index (χ1v) is 9.90. The highest BCUT2D eigenvalue weighted by molar-refractivity contribution is 8.00. The van der Waals surface area contributed by atoms with Gasteiger partial charge < -0.3 is 14.0 Å². The van der Waals surface area contributed by atoms with Gasteiger partial charge in [-0.25, -0.2) is 0 Å². The van der Waals surface area contributed by atoms with Crippen LogP contribution < -0.4 is 4.74 Å². The summed E-state index contributed by atoms with van der Waals surface area (Å²) in [4.78, 5) is 12.0. The number of ether oxygens (including phenoxy) is 2. The van der Waals surface area contributed by atoms with E-state index in [9.17, 15) is 4.79 Å². The van der Waals surface area contributed by atoms with Crippen LogP contribution >= 0.6 is 23.4 Å². The Hall–Kier alpha value is -1.73. The molecular weight excluding hydrogens is 374 g/mol. The molecule has 0 aliphatic carbocycles. The topological polar surface area (TPSA) is 66.2 Å². The van der Waals surface area contributed by atoms with Crippen LogP contribution in [0.15, 0.2) is 23.4 Å². The summed E-state index contributed by atoms with van der Waals surface area (Å²) in [6, 6.07) is 5.52. The van der Waals surface area contributed by atoms with E-state index in [0.29, 0.717) is 42.2 Å². The lowest BCUT2D eigenvalue weighted by molar-refractivity contribution is -0.142. The fourth-order valence-corrected chi connectivity index (χ4v) is 3.50. The predicted molar refractivity (Wildman–Crippen MR) is 103 cm³/mol. The number of hydrogen-bond acceptors (Lipinski definition) is 6. The number of carbonyl (C=O) groups excluding carboxylic acids is 1. The molecule has 0 bridgehead atoms. The van der Waals surface area contributed by atoms with Crippen LogP contribution in [0, 0.1) is 6.92 Å². The summed E-state index contributed by atoms with van der Waals surface area (Å²) in [5.74, 6) is 1.21. The molecule has 1 unspecified atom stereocenters. The van der Waals surface area contributed by atoms with Crippen LogP contribution in [0.4, 0.5) is 0 Å². The van der Waals surface area contributed by atoms with Gasteiger partial charge >= 0.3 is 5.97 Å². The van der Waals surface area contributed by atoms with Crippen LogP contribution in [0.3, 0.4) is 0 Å². The molecular formula is C18H24ClN3O3S. The number of halogens is 1. The van der Waals surface area contributed by atoms with Gasteiger partial charge in [0.15, 0.2) is 11.0 Å². The number of carbonyl (C=O) groups is 1. The van der Waals surface area contributed by atoms with Gasteiger partial charge in [0, 0.05) is 11.6 Å². The van der Waals surface area contributed by atoms with E-state index in [1.165, 1.54) is 11.8 Å². The highest BCUT2D eigenvalue weighted by atomic mass is 35.5. The van der Waals surface area contributed by atoms with Gasteiger partial charge in [-0.15, -0.1) is 10.2 Å². The first kappa shape index (κ1) is 20.6. The Morgan fingerprint density at radius 2 is 2.08 bits per heavy atom. The SMILES string of the molecule is CCOC(=O)C(CC)Sc1nnc(COc2ccc(Cl)c(C)c2)n1CC. The zero-order valence-corrected chi connectivity index (χ0v) is 17.1. The molecule has 0 spiro atoms. The van der Waals surface area contributed by atoms with Gasteiger partial charge in [-0.1, -0.05) is 30.3 Å². The Morgan fingerprint density at radius 3 is 2.69 bits per heavy atom. The second-order valence-electron chi connectivity index (χ2n) is 5.61. The quantitative estimate of drug-likeness (QED) is 0.465. The molecule has 2 rings (SSSR count). The molecule has 0 saturated carbocycles. The van der Waals surface area contributed by atoms with E-state index in [2.05, 4.69) is 10.2 Å². The Balaban J connectivity index is 2.08. The van der Waals surface area contributed by atoms with Gasteiger partial charge in [-0.05, 0) is 51.0 Å². The van der Waals surface area contributed by atoms with Crippen LogP contribution in [-0.2, 0) is 22.7 Å². The lowest BCUT2D eigenvalue weighted by Crippen LogP contribution is -2.20. The molecule has 6 nitrogen and oxygen atoms in total. The van der Waals surface area contributed by atoms with Crippen molar-refractivity contribution in [3.05, 3.63) is 34.6 Å². The number of aromatic nitrogens is 3. The van der Waals surface area contributed by atoms with E-state index in [1.807, 2.05) is 43.5 Å². The van der Waals surface area contributed by atoms with Crippen LogP contribution in [0.25, 0.3) is 0 Å². The molecule has 142 valence electrons. The standard InChI is InChI=1S/C18H24ClN3O3S/c1-5-15(17(23)24-7-3)26-18-21-20-16(22(18)6-2)11-25-13-8-9-14(19)12(4)10-13/h8-10,15H,5-7,11H2,1-4H3. The molecule has 0 aliphatic heterocycles. The highest BCUT2D eigenvalue weighted by Gasteiger charge is 2.23. The van der Waals surface area contributed by atoms with Gasteiger partial charge in [-0.2, -0.15) is 0 Å². The van der Waals surface area contributed by atoms with Crippen LogP contribution in [0.1, 0.15) is 38.6 Å². The lowest BCUT2D eigenvalue weighted by atomic mass is 10.2. The summed E-state index contributed by atoms with van der Waals surface area (Å²) in [6.07, 6.45) is 0.663. The van der Waals surface area contributed by atoms with Crippen molar-refractivity contribution in [3.8, 4) is 5.75 Å². The maximum atomic E-state index is 12.0. The molecule has 0 aliphatic rings. The molecule has 0 N–H and O–H groups in total. The third kappa shape index (κ3) is 5.14. The van der Waals surface area contributed by atoms with Gasteiger partial charge in [0.05, 0.1) is 6.61 Å². The zero-order chi connectivity index (χ0) is 19.1. The van der Waals surface area contributed by atoms with Gasteiger partial charge in [0.2, 0.25) is 0 Å². The summed E-state index contributed by atoms with van der Waals surface area (Å²) in [5, 5.41) is 9.56. The molecule has 2 aromatic rings. The third-order valence-electron chi connectivity index (χ3n) is 3.77. The molecule has 1 aromatic heterocycles. The van der Waals surface area contributed by atoms with Crippen molar-refractivity contribution in [1.82, 2.24) is 14.8 Å². The monoisotopic (exact) mass is 397 g/mol. The number of hydrogen-bond donors (Lipinski definition) is 0. The largest absolute Gasteiger partial charge is 0.486 e. The number of rotatable bonds is 9. The molecule has 0 radical (unpaired) electrons. The summed E-state index contributed by atoms with van der Waals surface area (Å²) < 4.78 is 12.9. The number of nitrogens with zero attached hydrogens (tertiary/aromatic N) is 3. The fourth-order valence-electron chi connectivity index (χ4n) is 2.35. The number of benzene rings is 1. The van der Waals surface area contributed by atoms with Crippen molar-refractivity contribution in [2.75, 3.05) is 6.61 Å². The van der Waals surface area contributed by atoms with Crippen molar-refractivity contribution >= 4 is 29.3 Å². The Morgan fingerprint density at radius 1 is 1.31 bits per heavy atom. The van der Waals surface area contributed by atoms with Crippen molar-refractivity contribution in [1.29, 1.82) is 0 Å². The molecule has 0 amide bonds. The maximum absolute atomic E-state index is 12.0. The average Bonchev–Trinajstić information content (AvgIpc) is 3.02. The minimum absolute atomic E-state index is 0.222. The van der Waals surface area contributed by atoms with E-state index in [1.54, 1.807) is 6.92 Å². The second kappa shape index (κ2) is 9.83. The van der Waals surface area contributed by atoms with Crippen LogP contribution in [0.5, 0.6) is 5.75 Å². The minimum Gasteiger partial charge on any atom is -0.486 e. The molecule has 1 heterocycles. The molecule has 26 heavy (non-hydrogen) atoms. The molecule has 8 heteroatoms. The number of thioether (sulfide) groups is 1. The Bertz CT molecular complexity index is 751. The Kier molecular flexibility index (Phi) is 7.78. The van der Waals surface area contributed by atoms with Crippen molar-refractivity contribution in [3.63, 3.8) is 0 Å². The normalized spacial score (nSPS) is 12.0. The van der Waals surface area contributed by atoms with Crippen molar-refractivity contribution < 1.29 is 14.3 Å².